The molecule has 0 amide bonds. The third-order valence-corrected chi connectivity index (χ3v) is 4.83. The van der Waals surface area contributed by atoms with Gasteiger partial charge < -0.3 is 5.32 Å². The van der Waals surface area contributed by atoms with Crippen LogP contribution in [0.4, 0.5) is 0 Å². The number of hydrogen-bond acceptors (Lipinski definition) is 3. The van der Waals surface area contributed by atoms with Gasteiger partial charge in [0.2, 0.25) is 0 Å². The van der Waals surface area contributed by atoms with Gasteiger partial charge in [-0.25, -0.2) is 0 Å². The average Bonchev–Trinajstić information content (AvgIpc) is 2.40. The van der Waals surface area contributed by atoms with Crippen molar-refractivity contribution in [2.75, 3.05) is 12.3 Å². The average molecular weight is 250 g/mol. The van der Waals surface area contributed by atoms with Crippen LogP contribution in [0.3, 0.4) is 0 Å². The van der Waals surface area contributed by atoms with E-state index in [4.69, 9.17) is 0 Å². The molecule has 1 fully saturated rings. The van der Waals surface area contributed by atoms with Gasteiger partial charge in [0.1, 0.15) is 0 Å². The van der Waals surface area contributed by atoms with E-state index in [1.54, 1.807) is 0 Å². The number of likely N-dealkylation sites (N-methyl/N-ethyl adjacent to an activating group) is 1. The summed E-state index contributed by atoms with van der Waals surface area (Å²) in [4.78, 5) is 4.21. The molecule has 17 heavy (non-hydrogen) atoms. The van der Waals surface area contributed by atoms with Gasteiger partial charge in [-0.05, 0) is 43.2 Å². The number of thioether (sulfide) groups is 1. The zero-order valence-electron chi connectivity index (χ0n) is 10.6. The molecular weight excluding hydrogens is 228 g/mol. The normalized spacial score (nSPS) is 22.3. The maximum atomic E-state index is 4.21. The monoisotopic (exact) mass is 250 g/mol. The van der Waals surface area contributed by atoms with Crippen molar-refractivity contribution >= 4 is 11.8 Å². The van der Waals surface area contributed by atoms with E-state index >= 15 is 0 Å². The molecule has 1 aromatic rings. The molecule has 0 spiro atoms. The van der Waals surface area contributed by atoms with E-state index < -0.39 is 0 Å². The lowest BCUT2D eigenvalue weighted by Crippen LogP contribution is -2.41. The SMILES string of the molecule is CCNC(Cc1cccnc1)C1CCCCS1. The second kappa shape index (κ2) is 7.02. The molecule has 2 heterocycles. The first kappa shape index (κ1) is 12.9. The zero-order chi connectivity index (χ0) is 11.9. The van der Waals surface area contributed by atoms with Crippen LogP contribution in [-0.2, 0) is 6.42 Å². The molecule has 2 unspecified atom stereocenters. The summed E-state index contributed by atoms with van der Waals surface area (Å²) in [6, 6.07) is 4.83. The van der Waals surface area contributed by atoms with Gasteiger partial charge in [0.05, 0.1) is 0 Å². The lowest BCUT2D eigenvalue weighted by molar-refractivity contribution is 0.471. The molecule has 1 aromatic heterocycles. The fraction of sp³-hybridized carbons (Fsp3) is 0.643. The van der Waals surface area contributed by atoms with E-state index in [1.807, 2.05) is 18.5 Å². The van der Waals surface area contributed by atoms with Crippen molar-refractivity contribution in [1.82, 2.24) is 10.3 Å². The third kappa shape index (κ3) is 4.00. The second-order valence-corrected chi connectivity index (χ2v) is 5.98. The molecule has 2 rings (SSSR count). The van der Waals surface area contributed by atoms with Crippen LogP contribution < -0.4 is 5.32 Å². The summed E-state index contributed by atoms with van der Waals surface area (Å²) in [5, 5.41) is 4.43. The standard InChI is InChI=1S/C14H22N2S/c1-2-16-13(14-7-3-4-9-17-14)10-12-6-5-8-15-11-12/h5-6,8,11,13-14,16H,2-4,7,9-10H2,1H3. The number of nitrogens with one attached hydrogen (secondary N) is 1. The molecule has 1 saturated heterocycles. The fourth-order valence-electron chi connectivity index (χ4n) is 2.45. The fourth-order valence-corrected chi connectivity index (χ4v) is 3.88. The van der Waals surface area contributed by atoms with E-state index in [0.717, 1.165) is 18.2 Å². The molecule has 1 N–H and O–H groups in total. The Morgan fingerprint density at radius 2 is 2.47 bits per heavy atom. The van der Waals surface area contributed by atoms with Gasteiger partial charge in [-0.2, -0.15) is 11.8 Å². The molecule has 2 atom stereocenters. The van der Waals surface area contributed by atoms with Gasteiger partial charge in [-0.15, -0.1) is 0 Å². The smallest absolute Gasteiger partial charge is 0.0300 e. The summed E-state index contributed by atoms with van der Waals surface area (Å²) < 4.78 is 0. The van der Waals surface area contributed by atoms with Gasteiger partial charge in [0.15, 0.2) is 0 Å². The van der Waals surface area contributed by atoms with Gasteiger partial charge in [-0.3, -0.25) is 4.98 Å². The van der Waals surface area contributed by atoms with Crippen LogP contribution in [-0.4, -0.2) is 28.6 Å². The summed E-state index contributed by atoms with van der Waals surface area (Å²) in [5.41, 5.74) is 1.35. The summed E-state index contributed by atoms with van der Waals surface area (Å²) >= 11 is 2.15. The quantitative estimate of drug-likeness (QED) is 0.870. The van der Waals surface area contributed by atoms with Gasteiger partial charge >= 0.3 is 0 Å². The van der Waals surface area contributed by atoms with Crippen molar-refractivity contribution in [3.63, 3.8) is 0 Å². The summed E-state index contributed by atoms with van der Waals surface area (Å²) in [6.45, 7) is 3.26. The minimum absolute atomic E-state index is 0.606. The molecular formula is C14H22N2S. The van der Waals surface area contributed by atoms with Crippen LogP contribution >= 0.6 is 11.8 Å². The lowest BCUT2D eigenvalue weighted by Gasteiger charge is -2.30. The minimum Gasteiger partial charge on any atom is -0.313 e. The van der Waals surface area contributed by atoms with Crippen LogP contribution in [0, 0.1) is 0 Å². The first-order chi connectivity index (χ1) is 8.40. The number of rotatable bonds is 5. The Bertz CT molecular complexity index is 309. The first-order valence-corrected chi connectivity index (χ1v) is 7.69. The number of aromatic nitrogens is 1. The zero-order valence-corrected chi connectivity index (χ0v) is 11.4. The largest absolute Gasteiger partial charge is 0.313 e. The Kier molecular flexibility index (Phi) is 5.33. The van der Waals surface area contributed by atoms with Crippen LogP contribution in [0.2, 0.25) is 0 Å². The Morgan fingerprint density at radius 1 is 1.53 bits per heavy atom. The molecule has 0 bridgehead atoms. The molecule has 0 aliphatic carbocycles. The van der Waals surface area contributed by atoms with E-state index in [0.29, 0.717) is 6.04 Å². The van der Waals surface area contributed by atoms with Crippen LogP contribution in [0.15, 0.2) is 24.5 Å². The number of nitrogens with zero attached hydrogens (tertiary/aromatic N) is 1. The van der Waals surface area contributed by atoms with E-state index in [2.05, 4.69) is 35.1 Å². The highest BCUT2D eigenvalue weighted by Gasteiger charge is 2.23. The predicted octanol–water partition coefficient (Wildman–Crippen LogP) is 2.89. The topological polar surface area (TPSA) is 24.9 Å². The summed E-state index contributed by atoms with van der Waals surface area (Å²) in [7, 11) is 0. The summed E-state index contributed by atoms with van der Waals surface area (Å²) in [6.07, 6.45) is 9.11. The number of pyridine rings is 1. The Labute approximate surface area is 109 Å². The van der Waals surface area contributed by atoms with E-state index in [9.17, 15) is 0 Å². The van der Waals surface area contributed by atoms with Gasteiger partial charge in [0.25, 0.3) is 0 Å². The first-order valence-electron chi connectivity index (χ1n) is 6.64. The van der Waals surface area contributed by atoms with Gasteiger partial charge in [-0.1, -0.05) is 19.4 Å². The second-order valence-electron chi connectivity index (χ2n) is 4.63. The molecule has 3 heteroatoms. The highest BCUT2D eigenvalue weighted by Crippen LogP contribution is 2.28. The maximum Gasteiger partial charge on any atom is 0.0300 e. The van der Waals surface area contributed by atoms with Crippen LogP contribution in [0.1, 0.15) is 31.7 Å². The highest BCUT2D eigenvalue weighted by molar-refractivity contribution is 8.00. The van der Waals surface area contributed by atoms with E-state index in [-0.39, 0.29) is 0 Å². The van der Waals surface area contributed by atoms with Crippen molar-refractivity contribution in [2.45, 2.75) is 43.9 Å². The third-order valence-electron chi connectivity index (χ3n) is 3.31. The molecule has 1 aliphatic rings. The Balaban J connectivity index is 1.96. The summed E-state index contributed by atoms with van der Waals surface area (Å²) in [5.74, 6) is 1.33. The molecule has 94 valence electrons. The Morgan fingerprint density at radius 3 is 3.12 bits per heavy atom. The molecule has 0 radical (unpaired) electrons. The highest BCUT2D eigenvalue weighted by atomic mass is 32.2. The molecule has 0 saturated carbocycles. The predicted molar refractivity (Wildman–Crippen MR) is 75.5 cm³/mol. The molecule has 0 aromatic carbocycles. The maximum absolute atomic E-state index is 4.21. The Hall–Kier alpha value is -0.540. The minimum atomic E-state index is 0.606. The van der Waals surface area contributed by atoms with E-state index in [1.165, 1.54) is 30.6 Å². The van der Waals surface area contributed by atoms with Crippen molar-refractivity contribution in [1.29, 1.82) is 0 Å². The van der Waals surface area contributed by atoms with Crippen molar-refractivity contribution in [3.8, 4) is 0 Å². The van der Waals surface area contributed by atoms with Crippen molar-refractivity contribution in [2.24, 2.45) is 0 Å². The van der Waals surface area contributed by atoms with Crippen molar-refractivity contribution < 1.29 is 0 Å². The van der Waals surface area contributed by atoms with Crippen molar-refractivity contribution in [3.05, 3.63) is 30.1 Å². The molecule has 1 aliphatic heterocycles. The van der Waals surface area contributed by atoms with Crippen LogP contribution in [0.5, 0.6) is 0 Å². The number of hydrogen-bond donors (Lipinski definition) is 1. The van der Waals surface area contributed by atoms with Gasteiger partial charge in [0, 0.05) is 23.7 Å². The van der Waals surface area contributed by atoms with Crippen LogP contribution in [0.25, 0.3) is 0 Å². The lowest BCUT2D eigenvalue weighted by atomic mass is 10.0. The molecule has 2 nitrogen and oxygen atoms in total.